The van der Waals surface area contributed by atoms with Gasteiger partial charge in [0.25, 0.3) is 0 Å². The number of unbranched alkanes of at least 4 members (excludes halogenated alkanes) is 5. The summed E-state index contributed by atoms with van der Waals surface area (Å²) in [6.07, 6.45) is 7.09. The van der Waals surface area contributed by atoms with E-state index in [0.717, 1.165) is 12.8 Å². The second-order valence-electron chi connectivity index (χ2n) is 5.16. The molecule has 0 aliphatic carbocycles. The first-order chi connectivity index (χ1) is 9.49. The largest absolute Gasteiger partial charge is 0.462 e. The second kappa shape index (κ2) is 11.1. The Kier molecular flexibility index (Phi) is 10.7. The molecule has 0 heterocycles. The van der Waals surface area contributed by atoms with E-state index in [-0.39, 0.29) is 5.97 Å². The van der Waals surface area contributed by atoms with Crippen molar-refractivity contribution in [2.45, 2.75) is 58.9 Å². The van der Waals surface area contributed by atoms with E-state index < -0.39 is 8.56 Å². The second-order valence-corrected chi connectivity index (χ2v) is 8.29. The quantitative estimate of drug-likeness (QED) is 0.252. The maximum atomic E-state index is 11.8. The van der Waals surface area contributed by atoms with Gasteiger partial charge in [-0.25, -0.2) is 4.79 Å². The standard InChI is InChI=1S/C15H30O4Si/c1-6-7-8-9-10-11-12-19-15(16)14(2)13-20(5,17-3)18-4/h13H,6-12H2,1-5H3. The smallest absolute Gasteiger partial charge is 0.361 e. The first-order valence-electron chi connectivity index (χ1n) is 7.46. The zero-order chi connectivity index (χ0) is 15.4. The summed E-state index contributed by atoms with van der Waals surface area (Å²) in [6, 6.07) is 0. The molecule has 118 valence electrons. The van der Waals surface area contributed by atoms with Crippen molar-refractivity contribution in [2.24, 2.45) is 0 Å². The van der Waals surface area contributed by atoms with Crippen LogP contribution in [0.2, 0.25) is 6.55 Å². The molecular weight excluding hydrogens is 272 g/mol. The molecule has 0 rings (SSSR count). The van der Waals surface area contributed by atoms with Crippen LogP contribution in [-0.4, -0.2) is 35.4 Å². The molecule has 0 spiro atoms. The van der Waals surface area contributed by atoms with Crippen molar-refractivity contribution < 1.29 is 18.4 Å². The summed E-state index contributed by atoms with van der Waals surface area (Å²) in [5.74, 6) is -0.272. The molecule has 0 atom stereocenters. The summed E-state index contributed by atoms with van der Waals surface area (Å²) in [7, 11) is 0.841. The normalized spacial score (nSPS) is 12.6. The summed E-state index contributed by atoms with van der Waals surface area (Å²) in [6.45, 7) is 6.33. The van der Waals surface area contributed by atoms with Crippen LogP contribution in [0.4, 0.5) is 0 Å². The van der Waals surface area contributed by atoms with Crippen LogP contribution in [0.15, 0.2) is 11.3 Å². The predicted molar refractivity (Wildman–Crippen MR) is 83.7 cm³/mol. The number of rotatable bonds is 11. The minimum absolute atomic E-state index is 0.272. The molecule has 0 amide bonds. The van der Waals surface area contributed by atoms with Gasteiger partial charge in [0.05, 0.1) is 6.61 Å². The molecule has 0 bridgehead atoms. The Bertz CT molecular complexity index is 298. The first-order valence-corrected chi connectivity index (χ1v) is 9.85. The Morgan fingerprint density at radius 3 is 2.15 bits per heavy atom. The van der Waals surface area contributed by atoms with Crippen molar-refractivity contribution in [3.8, 4) is 0 Å². The molecule has 4 nitrogen and oxygen atoms in total. The van der Waals surface area contributed by atoms with Crippen molar-refractivity contribution in [1.82, 2.24) is 0 Å². The minimum Gasteiger partial charge on any atom is -0.462 e. The van der Waals surface area contributed by atoms with Crippen molar-refractivity contribution in [2.75, 3.05) is 20.8 Å². The van der Waals surface area contributed by atoms with Crippen LogP contribution >= 0.6 is 0 Å². The van der Waals surface area contributed by atoms with Gasteiger partial charge < -0.3 is 13.6 Å². The van der Waals surface area contributed by atoms with Gasteiger partial charge >= 0.3 is 14.5 Å². The predicted octanol–water partition coefficient (Wildman–Crippen LogP) is 3.74. The maximum absolute atomic E-state index is 11.8. The van der Waals surface area contributed by atoms with E-state index >= 15 is 0 Å². The van der Waals surface area contributed by atoms with Gasteiger partial charge in [0.1, 0.15) is 0 Å². The van der Waals surface area contributed by atoms with E-state index in [2.05, 4.69) is 6.92 Å². The Labute approximate surface area is 124 Å². The van der Waals surface area contributed by atoms with Crippen LogP contribution in [-0.2, 0) is 18.4 Å². The Hall–Kier alpha value is -0.653. The molecule has 5 heteroatoms. The third-order valence-corrected chi connectivity index (χ3v) is 5.92. The molecule has 0 radical (unpaired) electrons. The van der Waals surface area contributed by atoms with Crippen LogP contribution in [0.25, 0.3) is 0 Å². The average molecular weight is 302 g/mol. The highest BCUT2D eigenvalue weighted by Gasteiger charge is 2.27. The minimum atomic E-state index is -2.36. The molecular formula is C15H30O4Si. The average Bonchev–Trinajstić information content (AvgIpc) is 2.45. The molecule has 0 aliphatic heterocycles. The van der Waals surface area contributed by atoms with E-state index in [1.54, 1.807) is 26.8 Å². The summed E-state index contributed by atoms with van der Waals surface area (Å²) in [4.78, 5) is 11.8. The topological polar surface area (TPSA) is 44.8 Å². The number of ether oxygens (including phenoxy) is 1. The van der Waals surface area contributed by atoms with Crippen molar-refractivity contribution >= 4 is 14.5 Å². The van der Waals surface area contributed by atoms with E-state index in [1.165, 1.54) is 25.7 Å². The molecule has 0 aromatic rings. The molecule has 0 aromatic carbocycles. The summed E-state index contributed by atoms with van der Waals surface area (Å²) < 4.78 is 15.9. The highest BCUT2D eigenvalue weighted by Crippen LogP contribution is 2.11. The highest BCUT2D eigenvalue weighted by atomic mass is 28.4. The summed E-state index contributed by atoms with van der Waals surface area (Å²) in [5.41, 5.74) is 2.34. The summed E-state index contributed by atoms with van der Waals surface area (Å²) >= 11 is 0. The third-order valence-electron chi connectivity index (χ3n) is 3.34. The fourth-order valence-electron chi connectivity index (χ4n) is 1.81. The van der Waals surface area contributed by atoms with Crippen molar-refractivity contribution in [3.63, 3.8) is 0 Å². The Balaban J connectivity index is 3.94. The Morgan fingerprint density at radius 2 is 1.60 bits per heavy atom. The van der Waals surface area contributed by atoms with Gasteiger partial charge in [-0.3, -0.25) is 0 Å². The van der Waals surface area contributed by atoms with Crippen molar-refractivity contribution in [3.05, 3.63) is 11.3 Å². The van der Waals surface area contributed by atoms with Crippen molar-refractivity contribution in [1.29, 1.82) is 0 Å². The lowest BCUT2D eigenvalue weighted by atomic mass is 10.1. The fourth-order valence-corrected chi connectivity index (χ4v) is 3.12. The van der Waals surface area contributed by atoms with E-state index in [0.29, 0.717) is 12.2 Å². The van der Waals surface area contributed by atoms with E-state index in [4.69, 9.17) is 13.6 Å². The monoisotopic (exact) mass is 302 g/mol. The number of hydrogen-bond acceptors (Lipinski definition) is 4. The lowest BCUT2D eigenvalue weighted by molar-refractivity contribution is -0.139. The van der Waals surface area contributed by atoms with Crippen LogP contribution in [0.1, 0.15) is 52.4 Å². The molecule has 0 aromatic heterocycles. The number of esters is 1. The number of carbonyl (C=O) groups is 1. The van der Waals surface area contributed by atoms with Crippen LogP contribution in [0.5, 0.6) is 0 Å². The van der Waals surface area contributed by atoms with Gasteiger partial charge in [-0.15, -0.1) is 0 Å². The van der Waals surface area contributed by atoms with Gasteiger partial charge in [-0.1, -0.05) is 39.0 Å². The van der Waals surface area contributed by atoms with Gasteiger partial charge in [0, 0.05) is 19.8 Å². The lowest BCUT2D eigenvalue weighted by Crippen LogP contribution is -2.35. The molecule has 0 saturated heterocycles. The zero-order valence-electron chi connectivity index (χ0n) is 13.7. The molecule has 0 N–H and O–H groups in total. The SMILES string of the molecule is CCCCCCCCOC(=O)C(C)=C[Si](C)(OC)OC. The van der Waals surface area contributed by atoms with Gasteiger partial charge in [0.2, 0.25) is 0 Å². The van der Waals surface area contributed by atoms with Crippen LogP contribution in [0.3, 0.4) is 0 Å². The first kappa shape index (κ1) is 19.3. The van der Waals surface area contributed by atoms with Crippen LogP contribution < -0.4 is 0 Å². The molecule has 0 aliphatic rings. The fraction of sp³-hybridized carbons (Fsp3) is 0.800. The molecule has 0 unspecified atom stereocenters. The Morgan fingerprint density at radius 1 is 1.05 bits per heavy atom. The number of hydrogen-bond donors (Lipinski definition) is 0. The van der Waals surface area contributed by atoms with E-state index in [9.17, 15) is 4.79 Å². The van der Waals surface area contributed by atoms with E-state index in [1.807, 2.05) is 6.55 Å². The zero-order valence-corrected chi connectivity index (χ0v) is 14.7. The van der Waals surface area contributed by atoms with Crippen LogP contribution in [0, 0.1) is 0 Å². The van der Waals surface area contributed by atoms with Gasteiger partial charge in [-0.05, 0) is 25.6 Å². The van der Waals surface area contributed by atoms with Gasteiger partial charge in [0.15, 0.2) is 0 Å². The number of carbonyl (C=O) groups excluding carboxylic acids is 1. The molecule has 0 saturated carbocycles. The lowest BCUT2D eigenvalue weighted by Gasteiger charge is -2.19. The maximum Gasteiger partial charge on any atom is 0.361 e. The summed E-state index contributed by atoms with van der Waals surface area (Å²) in [5, 5.41) is 0. The van der Waals surface area contributed by atoms with Gasteiger partial charge in [-0.2, -0.15) is 0 Å². The highest BCUT2D eigenvalue weighted by molar-refractivity contribution is 6.71. The third kappa shape index (κ3) is 8.50. The molecule has 0 fully saturated rings. The molecule has 20 heavy (non-hydrogen) atoms.